The Labute approximate surface area is 185 Å². The minimum absolute atomic E-state index is 0.00820. The van der Waals surface area contributed by atoms with Gasteiger partial charge in [0.25, 0.3) is 0 Å². The van der Waals surface area contributed by atoms with Gasteiger partial charge in [0.15, 0.2) is 0 Å². The van der Waals surface area contributed by atoms with Crippen LogP contribution in [0.25, 0.3) is 11.0 Å². The van der Waals surface area contributed by atoms with Crippen LogP contribution in [0.2, 0.25) is 0 Å². The van der Waals surface area contributed by atoms with Gasteiger partial charge in [0, 0.05) is 23.1 Å². The summed E-state index contributed by atoms with van der Waals surface area (Å²) >= 11 is 0. The number of carbonyl (C=O) groups is 1. The second-order valence-electron chi connectivity index (χ2n) is 7.58. The number of carbonyl (C=O) groups excluding carboxylic acids is 1. The molecule has 1 aromatic carbocycles. The lowest BCUT2D eigenvalue weighted by atomic mass is 9.88. The second kappa shape index (κ2) is 9.87. The van der Waals surface area contributed by atoms with Crippen molar-refractivity contribution in [1.82, 2.24) is 0 Å². The van der Waals surface area contributed by atoms with Crippen LogP contribution >= 0.6 is 0 Å². The van der Waals surface area contributed by atoms with E-state index in [0.717, 1.165) is 12.1 Å². The first-order chi connectivity index (χ1) is 15.6. The SMILES string of the molecule is O=C[C@@H](Nc1ccc2c(C(F)(F)F)c(C3C=CC=CC3)c(=O)oc2c1)[C@H](O)[C@@H](O)[C@@H](O)CO. The van der Waals surface area contributed by atoms with E-state index in [2.05, 4.69) is 5.32 Å². The number of aliphatic hydroxyl groups excluding tert-OH is 4. The third-order valence-corrected chi connectivity index (χ3v) is 5.36. The molecule has 0 bridgehead atoms. The van der Waals surface area contributed by atoms with Crippen LogP contribution in [-0.4, -0.2) is 57.7 Å². The number of nitrogens with one attached hydrogen (secondary N) is 1. The number of anilines is 1. The Morgan fingerprint density at radius 2 is 1.91 bits per heavy atom. The van der Waals surface area contributed by atoms with Crippen LogP contribution in [0.1, 0.15) is 23.5 Å². The van der Waals surface area contributed by atoms with Crippen molar-refractivity contribution in [2.45, 2.75) is 42.9 Å². The van der Waals surface area contributed by atoms with Gasteiger partial charge in [0.2, 0.25) is 0 Å². The molecule has 11 heteroatoms. The van der Waals surface area contributed by atoms with Crippen LogP contribution in [0.15, 0.2) is 51.7 Å². The lowest BCUT2D eigenvalue weighted by Crippen LogP contribution is -2.49. The minimum atomic E-state index is -4.85. The van der Waals surface area contributed by atoms with Crippen LogP contribution in [0.5, 0.6) is 0 Å². The predicted molar refractivity (Wildman–Crippen MR) is 112 cm³/mol. The van der Waals surface area contributed by atoms with E-state index in [9.17, 15) is 38.1 Å². The molecular formula is C22H22F3NO7. The Balaban J connectivity index is 2.03. The van der Waals surface area contributed by atoms with Crippen LogP contribution in [0.3, 0.4) is 0 Å². The highest BCUT2D eigenvalue weighted by Crippen LogP contribution is 2.40. The third-order valence-electron chi connectivity index (χ3n) is 5.36. The monoisotopic (exact) mass is 469 g/mol. The van der Waals surface area contributed by atoms with Gasteiger partial charge in [-0.25, -0.2) is 4.79 Å². The molecule has 8 nitrogen and oxygen atoms in total. The van der Waals surface area contributed by atoms with Gasteiger partial charge in [-0.2, -0.15) is 13.2 Å². The molecule has 0 fully saturated rings. The zero-order valence-corrected chi connectivity index (χ0v) is 17.1. The highest BCUT2D eigenvalue weighted by molar-refractivity contribution is 5.85. The fourth-order valence-corrected chi connectivity index (χ4v) is 3.68. The number of allylic oxidation sites excluding steroid dienone is 4. The van der Waals surface area contributed by atoms with Gasteiger partial charge >= 0.3 is 11.8 Å². The van der Waals surface area contributed by atoms with Crippen molar-refractivity contribution in [2.75, 3.05) is 11.9 Å². The number of hydrogen-bond donors (Lipinski definition) is 5. The van der Waals surface area contributed by atoms with Gasteiger partial charge in [0.1, 0.15) is 36.2 Å². The third kappa shape index (κ3) is 5.17. The van der Waals surface area contributed by atoms with E-state index in [4.69, 9.17) is 9.52 Å². The van der Waals surface area contributed by atoms with Crippen LogP contribution < -0.4 is 10.9 Å². The van der Waals surface area contributed by atoms with Gasteiger partial charge in [0.05, 0.1) is 17.7 Å². The van der Waals surface area contributed by atoms with E-state index in [1.165, 1.54) is 12.1 Å². The second-order valence-corrected chi connectivity index (χ2v) is 7.58. The maximum atomic E-state index is 14.0. The number of aliphatic hydroxyl groups is 4. The van der Waals surface area contributed by atoms with E-state index >= 15 is 0 Å². The Kier molecular flexibility index (Phi) is 7.38. The summed E-state index contributed by atoms with van der Waals surface area (Å²) in [6.07, 6.45) is -3.53. The van der Waals surface area contributed by atoms with Gasteiger partial charge in [-0.1, -0.05) is 24.3 Å². The first-order valence-electron chi connectivity index (χ1n) is 9.96. The van der Waals surface area contributed by atoms with Gasteiger partial charge in [-0.3, -0.25) is 0 Å². The van der Waals surface area contributed by atoms with Crippen LogP contribution in [0.4, 0.5) is 18.9 Å². The molecule has 0 saturated heterocycles. The zero-order chi connectivity index (χ0) is 24.3. The van der Waals surface area contributed by atoms with Crippen molar-refractivity contribution in [1.29, 1.82) is 0 Å². The lowest BCUT2D eigenvalue weighted by molar-refractivity contribution is -0.137. The van der Waals surface area contributed by atoms with Gasteiger partial charge in [-0.15, -0.1) is 0 Å². The smallest absolute Gasteiger partial charge is 0.417 e. The average Bonchev–Trinajstić information content (AvgIpc) is 2.79. The molecule has 1 aliphatic carbocycles. The number of rotatable bonds is 8. The van der Waals surface area contributed by atoms with Gasteiger partial charge < -0.3 is 35.0 Å². The fourth-order valence-electron chi connectivity index (χ4n) is 3.68. The Bertz CT molecular complexity index is 1130. The lowest BCUT2D eigenvalue weighted by Gasteiger charge is -2.27. The van der Waals surface area contributed by atoms with Crippen molar-refractivity contribution in [3.05, 3.63) is 64.1 Å². The number of halogens is 3. The van der Waals surface area contributed by atoms with Gasteiger partial charge in [-0.05, 0) is 18.6 Å². The van der Waals surface area contributed by atoms with Crippen LogP contribution in [-0.2, 0) is 11.0 Å². The van der Waals surface area contributed by atoms with Crippen LogP contribution in [0, 0.1) is 0 Å². The first-order valence-corrected chi connectivity index (χ1v) is 9.96. The molecule has 0 radical (unpaired) electrons. The minimum Gasteiger partial charge on any atom is -0.422 e. The summed E-state index contributed by atoms with van der Waals surface area (Å²) in [6.45, 7) is -0.876. The molecule has 33 heavy (non-hydrogen) atoms. The molecule has 0 spiro atoms. The molecule has 1 aliphatic rings. The van der Waals surface area contributed by atoms with E-state index < -0.39 is 65.4 Å². The summed E-state index contributed by atoms with van der Waals surface area (Å²) in [5.41, 5.74) is -3.15. The van der Waals surface area contributed by atoms with E-state index in [-0.39, 0.29) is 23.8 Å². The molecule has 1 unspecified atom stereocenters. The Morgan fingerprint density at radius 3 is 2.48 bits per heavy atom. The first kappa shape index (κ1) is 24.6. The number of hydrogen-bond acceptors (Lipinski definition) is 8. The van der Waals surface area contributed by atoms with Crippen molar-refractivity contribution in [2.24, 2.45) is 0 Å². The van der Waals surface area contributed by atoms with E-state index in [1.807, 2.05) is 0 Å². The summed E-state index contributed by atoms with van der Waals surface area (Å²) in [7, 11) is 0. The predicted octanol–water partition coefficient (Wildman–Crippen LogP) is 1.47. The number of aldehydes is 1. The van der Waals surface area contributed by atoms with Crippen molar-refractivity contribution in [3.8, 4) is 0 Å². The molecule has 1 aromatic heterocycles. The fraction of sp³-hybridized carbons (Fsp3) is 0.364. The summed E-state index contributed by atoms with van der Waals surface area (Å²) in [6, 6.07) is 1.83. The average molecular weight is 469 g/mol. The van der Waals surface area contributed by atoms with E-state index in [1.54, 1.807) is 18.2 Å². The topological polar surface area (TPSA) is 140 Å². The zero-order valence-electron chi connectivity index (χ0n) is 17.1. The number of alkyl halides is 3. The maximum Gasteiger partial charge on any atom is 0.417 e. The molecule has 0 amide bonds. The number of benzene rings is 1. The number of fused-ring (bicyclic) bond motifs is 1. The molecule has 2 aromatic rings. The highest BCUT2D eigenvalue weighted by Gasteiger charge is 2.39. The molecule has 5 atom stereocenters. The van der Waals surface area contributed by atoms with Crippen molar-refractivity contribution < 1.29 is 42.8 Å². The quantitative estimate of drug-likeness (QED) is 0.289. The normalized spacial score (nSPS) is 19.8. The summed E-state index contributed by atoms with van der Waals surface area (Å²) in [4.78, 5) is 23.9. The summed E-state index contributed by atoms with van der Waals surface area (Å²) in [5, 5.41) is 40.4. The standard InChI is InChI=1S/C22H22F3NO7/c23-22(24,25)18-13-7-6-12(26-14(9-27)19(30)20(31)15(29)10-28)8-16(13)33-21(32)17(18)11-4-2-1-3-5-11/h1-4,6-9,11,14-15,19-20,26,28-31H,5,10H2/t11?,14-,15+,19+,20+/m1/s1. The molecular weight excluding hydrogens is 447 g/mol. The highest BCUT2D eigenvalue weighted by atomic mass is 19.4. The summed E-state index contributed by atoms with van der Waals surface area (Å²) < 4.78 is 47.2. The summed E-state index contributed by atoms with van der Waals surface area (Å²) in [5.74, 6) is -0.806. The molecule has 0 saturated carbocycles. The molecule has 1 heterocycles. The molecule has 3 rings (SSSR count). The maximum absolute atomic E-state index is 14.0. The Morgan fingerprint density at radius 1 is 1.18 bits per heavy atom. The molecule has 0 aliphatic heterocycles. The largest absolute Gasteiger partial charge is 0.422 e. The molecule has 5 N–H and O–H groups in total. The van der Waals surface area contributed by atoms with Crippen molar-refractivity contribution in [3.63, 3.8) is 0 Å². The van der Waals surface area contributed by atoms with E-state index in [0.29, 0.717) is 0 Å². The molecule has 178 valence electrons. The van der Waals surface area contributed by atoms with Crippen molar-refractivity contribution >= 4 is 22.9 Å². The Hall–Kier alpha value is -2.99.